The molecule has 1 atom stereocenters. The standard InChI is InChI=1S/C21H31FN2O2/c1-3-26-19-10-9-17(15-18(19)22)16(2)23-20(25)21(11-5-4-6-12-21)24-13-7-8-14-24/h9-10,15-16H,3-8,11-14H2,1-2H3,(H,23,25). The van der Waals surface area contributed by atoms with Crippen LogP contribution in [0.3, 0.4) is 0 Å². The van der Waals surface area contributed by atoms with Crippen molar-refractivity contribution >= 4 is 5.91 Å². The minimum Gasteiger partial charge on any atom is -0.491 e. The Morgan fingerprint density at radius 1 is 1.23 bits per heavy atom. The summed E-state index contributed by atoms with van der Waals surface area (Å²) in [4.78, 5) is 15.7. The third-order valence-electron chi connectivity index (χ3n) is 5.92. The van der Waals surface area contributed by atoms with Gasteiger partial charge in [-0.1, -0.05) is 25.3 Å². The first-order chi connectivity index (χ1) is 12.6. The third kappa shape index (κ3) is 3.88. The number of nitrogens with zero attached hydrogens (tertiary/aromatic N) is 1. The van der Waals surface area contributed by atoms with Crippen molar-refractivity contribution in [2.24, 2.45) is 0 Å². The minimum absolute atomic E-state index is 0.112. The van der Waals surface area contributed by atoms with Crippen LogP contribution in [0, 0.1) is 5.82 Å². The summed E-state index contributed by atoms with van der Waals surface area (Å²) >= 11 is 0. The highest BCUT2D eigenvalue weighted by Gasteiger charge is 2.45. The smallest absolute Gasteiger partial charge is 0.240 e. The molecule has 1 heterocycles. The summed E-state index contributed by atoms with van der Waals surface area (Å²) in [5, 5.41) is 3.17. The molecule has 0 aromatic heterocycles. The number of hydrogen-bond donors (Lipinski definition) is 1. The maximum atomic E-state index is 14.2. The normalized spacial score (nSPS) is 21.3. The first kappa shape index (κ1) is 19.2. The van der Waals surface area contributed by atoms with Gasteiger partial charge in [0.05, 0.1) is 12.6 Å². The zero-order valence-corrected chi connectivity index (χ0v) is 16.0. The second-order valence-corrected chi connectivity index (χ2v) is 7.60. The summed E-state index contributed by atoms with van der Waals surface area (Å²) in [5.74, 6) is -0.00569. The number of likely N-dealkylation sites (tertiary alicyclic amines) is 1. The summed E-state index contributed by atoms with van der Waals surface area (Å²) in [7, 11) is 0. The van der Waals surface area contributed by atoms with Crippen LogP contribution < -0.4 is 10.1 Å². The van der Waals surface area contributed by atoms with Crippen LogP contribution >= 0.6 is 0 Å². The maximum absolute atomic E-state index is 14.2. The van der Waals surface area contributed by atoms with E-state index in [1.807, 2.05) is 19.9 Å². The Morgan fingerprint density at radius 2 is 1.92 bits per heavy atom. The number of carbonyl (C=O) groups is 1. The van der Waals surface area contributed by atoms with Crippen LogP contribution in [0.4, 0.5) is 4.39 Å². The van der Waals surface area contributed by atoms with E-state index in [0.29, 0.717) is 6.61 Å². The lowest BCUT2D eigenvalue weighted by molar-refractivity contribution is -0.136. The fourth-order valence-corrected chi connectivity index (χ4v) is 4.44. The summed E-state index contributed by atoms with van der Waals surface area (Å²) in [6.45, 7) is 6.21. The SMILES string of the molecule is CCOc1ccc(C(C)NC(=O)C2(N3CCCC3)CCCCC2)cc1F. The predicted molar refractivity (Wildman–Crippen MR) is 101 cm³/mol. The lowest BCUT2D eigenvalue weighted by Gasteiger charge is -2.43. The molecule has 1 aromatic carbocycles. The molecule has 144 valence electrons. The van der Waals surface area contributed by atoms with E-state index < -0.39 is 0 Å². The van der Waals surface area contributed by atoms with Crippen LogP contribution in [-0.2, 0) is 4.79 Å². The van der Waals surface area contributed by atoms with Crippen molar-refractivity contribution in [2.45, 2.75) is 70.4 Å². The number of halogens is 1. The molecule has 3 rings (SSSR count). The molecule has 1 N–H and O–H groups in total. The maximum Gasteiger partial charge on any atom is 0.240 e. The second-order valence-electron chi connectivity index (χ2n) is 7.60. The zero-order valence-electron chi connectivity index (χ0n) is 16.0. The van der Waals surface area contributed by atoms with E-state index in [1.165, 1.54) is 25.3 Å². The highest BCUT2D eigenvalue weighted by atomic mass is 19.1. The van der Waals surface area contributed by atoms with Gasteiger partial charge in [-0.15, -0.1) is 0 Å². The van der Waals surface area contributed by atoms with E-state index in [1.54, 1.807) is 6.07 Å². The van der Waals surface area contributed by atoms with Gasteiger partial charge in [0, 0.05) is 0 Å². The van der Waals surface area contributed by atoms with E-state index in [0.717, 1.165) is 44.3 Å². The number of hydrogen-bond acceptors (Lipinski definition) is 3. The average molecular weight is 362 g/mol. The molecule has 1 aliphatic heterocycles. The summed E-state index contributed by atoms with van der Waals surface area (Å²) in [6, 6.07) is 4.73. The highest BCUT2D eigenvalue weighted by molar-refractivity contribution is 5.87. The van der Waals surface area contributed by atoms with Gasteiger partial charge < -0.3 is 10.1 Å². The molecule has 1 saturated heterocycles. The first-order valence-electron chi connectivity index (χ1n) is 10.0. The molecule has 1 aromatic rings. The lowest BCUT2D eigenvalue weighted by atomic mass is 9.79. The van der Waals surface area contributed by atoms with Gasteiger partial charge in [0.25, 0.3) is 0 Å². The number of rotatable bonds is 6. The van der Waals surface area contributed by atoms with Gasteiger partial charge in [-0.3, -0.25) is 9.69 Å². The molecule has 0 spiro atoms. The minimum atomic E-state index is -0.377. The average Bonchev–Trinajstić information content (AvgIpc) is 3.19. The molecule has 4 nitrogen and oxygen atoms in total. The van der Waals surface area contributed by atoms with Crippen molar-refractivity contribution < 1.29 is 13.9 Å². The van der Waals surface area contributed by atoms with E-state index in [2.05, 4.69) is 10.2 Å². The molecule has 0 bridgehead atoms. The molecule has 5 heteroatoms. The Bertz CT molecular complexity index is 622. The van der Waals surface area contributed by atoms with Crippen molar-refractivity contribution in [1.82, 2.24) is 10.2 Å². The van der Waals surface area contributed by atoms with Crippen molar-refractivity contribution in [1.29, 1.82) is 0 Å². The van der Waals surface area contributed by atoms with Gasteiger partial charge in [-0.2, -0.15) is 0 Å². The Labute approximate surface area is 156 Å². The van der Waals surface area contributed by atoms with Crippen LogP contribution in [0.25, 0.3) is 0 Å². The Hall–Kier alpha value is -1.62. The number of carbonyl (C=O) groups excluding carboxylic acids is 1. The third-order valence-corrected chi connectivity index (χ3v) is 5.92. The number of amides is 1. The molecule has 26 heavy (non-hydrogen) atoms. The van der Waals surface area contributed by atoms with E-state index in [9.17, 15) is 9.18 Å². The fraction of sp³-hybridized carbons (Fsp3) is 0.667. The van der Waals surface area contributed by atoms with Crippen molar-refractivity contribution in [3.63, 3.8) is 0 Å². The quantitative estimate of drug-likeness (QED) is 0.825. The molecule has 2 aliphatic rings. The van der Waals surface area contributed by atoms with Gasteiger partial charge >= 0.3 is 0 Å². The molecular formula is C21H31FN2O2. The van der Waals surface area contributed by atoms with Crippen LogP contribution in [0.15, 0.2) is 18.2 Å². The molecular weight excluding hydrogens is 331 g/mol. The highest BCUT2D eigenvalue weighted by Crippen LogP contribution is 2.37. The van der Waals surface area contributed by atoms with Crippen molar-refractivity contribution in [2.75, 3.05) is 19.7 Å². The molecule has 0 radical (unpaired) electrons. The number of nitrogens with one attached hydrogen (secondary N) is 1. The molecule has 1 aliphatic carbocycles. The Kier molecular flexibility index (Phi) is 6.17. The summed E-state index contributed by atoms with van der Waals surface area (Å²) < 4.78 is 19.4. The van der Waals surface area contributed by atoms with Gasteiger partial charge in [-0.25, -0.2) is 4.39 Å². The van der Waals surface area contributed by atoms with Gasteiger partial charge in [0.2, 0.25) is 5.91 Å². The predicted octanol–water partition coefficient (Wildman–Crippen LogP) is 4.20. The topological polar surface area (TPSA) is 41.6 Å². The number of benzene rings is 1. The lowest BCUT2D eigenvalue weighted by Crippen LogP contribution is -2.59. The van der Waals surface area contributed by atoms with Gasteiger partial charge in [0.15, 0.2) is 11.6 Å². The van der Waals surface area contributed by atoms with Crippen molar-refractivity contribution in [3.8, 4) is 5.75 Å². The fourth-order valence-electron chi connectivity index (χ4n) is 4.44. The van der Waals surface area contributed by atoms with E-state index in [4.69, 9.17) is 4.74 Å². The molecule has 1 unspecified atom stereocenters. The zero-order chi connectivity index (χ0) is 18.6. The van der Waals surface area contributed by atoms with E-state index >= 15 is 0 Å². The summed E-state index contributed by atoms with van der Waals surface area (Å²) in [5.41, 5.74) is 0.402. The summed E-state index contributed by atoms with van der Waals surface area (Å²) in [6.07, 6.45) is 7.64. The van der Waals surface area contributed by atoms with Crippen molar-refractivity contribution in [3.05, 3.63) is 29.6 Å². The van der Waals surface area contributed by atoms with Crippen LogP contribution in [0.1, 0.15) is 70.4 Å². The van der Waals surface area contributed by atoms with Gasteiger partial charge in [-0.05, 0) is 70.3 Å². The Balaban J connectivity index is 1.73. The van der Waals surface area contributed by atoms with Gasteiger partial charge in [0.1, 0.15) is 5.54 Å². The Morgan fingerprint density at radius 3 is 2.54 bits per heavy atom. The monoisotopic (exact) mass is 362 g/mol. The molecule has 1 saturated carbocycles. The van der Waals surface area contributed by atoms with Crippen LogP contribution in [0.2, 0.25) is 0 Å². The van der Waals surface area contributed by atoms with E-state index in [-0.39, 0.29) is 29.1 Å². The largest absolute Gasteiger partial charge is 0.491 e. The number of ether oxygens (including phenoxy) is 1. The van der Waals surface area contributed by atoms with Crippen LogP contribution in [0.5, 0.6) is 5.75 Å². The molecule has 1 amide bonds. The first-order valence-corrected chi connectivity index (χ1v) is 10.0. The van der Waals surface area contributed by atoms with Crippen LogP contribution in [-0.4, -0.2) is 36.0 Å². The second kappa shape index (κ2) is 8.38. The molecule has 2 fully saturated rings.